The number of aromatic nitrogens is 1. The molecule has 0 fully saturated rings. The molecule has 0 amide bonds. The molecular formula is C31H45NO4. The van der Waals surface area contributed by atoms with Gasteiger partial charge in [-0.3, -0.25) is 9.78 Å². The molecule has 1 heterocycles. The number of benzene rings is 1. The van der Waals surface area contributed by atoms with Crippen molar-refractivity contribution in [3.05, 3.63) is 66.0 Å². The number of allylic oxidation sites excluding steroid dienone is 1. The van der Waals surface area contributed by atoms with Crippen molar-refractivity contribution in [1.82, 2.24) is 4.98 Å². The van der Waals surface area contributed by atoms with Crippen LogP contribution in [0.15, 0.2) is 54.9 Å². The van der Waals surface area contributed by atoms with Crippen LogP contribution in [0.5, 0.6) is 5.75 Å². The monoisotopic (exact) mass is 495 g/mol. The average Bonchev–Trinajstić information content (AvgIpc) is 2.90. The maximum absolute atomic E-state index is 11.5. The van der Waals surface area contributed by atoms with Crippen LogP contribution in [0.2, 0.25) is 0 Å². The maximum Gasteiger partial charge on any atom is 0.305 e. The first-order valence-electron chi connectivity index (χ1n) is 13.8. The number of ether oxygens (including phenoxy) is 2. The van der Waals surface area contributed by atoms with Crippen LogP contribution < -0.4 is 4.74 Å². The Balaban J connectivity index is 1.75. The topological polar surface area (TPSA) is 68.7 Å². The lowest BCUT2D eigenvalue weighted by Crippen LogP contribution is -2.02. The summed E-state index contributed by atoms with van der Waals surface area (Å²) >= 11 is 0. The molecule has 0 atom stereocenters. The number of carbonyl (C=O) groups excluding carboxylic acids is 1. The van der Waals surface area contributed by atoms with E-state index in [1.807, 2.05) is 31.3 Å². The molecule has 0 aliphatic carbocycles. The maximum atomic E-state index is 11.5. The Kier molecular flexibility index (Phi) is 16.0. The van der Waals surface area contributed by atoms with Crippen LogP contribution in [0.25, 0.3) is 5.57 Å². The number of carbonyl (C=O) groups is 1. The predicted molar refractivity (Wildman–Crippen MR) is 147 cm³/mol. The molecule has 1 aromatic carbocycles. The van der Waals surface area contributed by atoms with Gasteiger partial charge in [-0.05, 0) is 68.4 Å². The first-order valence-corrected chi connectivity index (χ1v) is 13.8. The van der Waals surface area contributed by atoms with Gasteiger partial charge in [-0.2, -0.15) is 0 Å². The second kappa shape index (κ2) is 19.5. The van der Waals surface area contributed by atoms with E-state index in [9.17, 15) is 4.79 Å². The van der Waals surface area contributed by atoms with Gasteiger partial charge in [-0.25, -0.2) is 0 Å². The zero-order chi connectivity index (χ0) is 25.7. The second-order valence-electron chi connectivity index (χ2n) is 9.19. The minimum atomic E-state index is -0.116. The molecule has 2 rings (SSSR count). The second-order valence-corrected chi connectivity index (χ2v) is 9.19. The Hall–Kier alpha value is -2.66. The van der Waals surface area contributed by atoms with Gasteiger partial charge in [0.05, 0.1) is 13.2 Å². The summed E-state index contributed by atoms with van der Waals surface area (Å²) in [5.74, 6) is 0.789. The highest BCUT2D eigenvalue weighted by molar-refractivity contribution is 5.79. The summed E-state index contributed by atoms with van der Waals surface area (Å²) in [6.45, 7) is 3.35. The molecular weight excluding hydrogens is 450 g/mol. The van der Waals surface area contributed by atoms with E-state index in [1.165, 1.54) is 38.5 Å². The zero-order valence-corrected chi connectivity index (χ0v) is 22.1. The van der Waals surface area contributed by atoms with E-state index in [-0.39, 0.29) is 5.97 Å². The van der Waals surface area contributed by atoms with Crippen LogP contribution in [-0.2, 0) is 9.53 Å². The van der Waals surface area contributed by atoms with Gasteiger partial charge in [0.25, 0.3) is 0 Å². The molecule has 0 saturated heterocycles. The lowest BCUT2D eigenvalue weighted by molar-refractivity contribution is -0.143. The highest BCUT2D eigenvalue weighted by Gasteiger charge is 2.07. The van der Waals surface area contributed by atoms with Gasteiger partial charge in [-0.15, -0.1) is 0 Å². The molecule has 0 unspecified atom stereocenters. The first kappa shape index (κ1) is 29.6. The number of pyridine rings is 1. The van der Waals surface area contributed by atoms with Gasteiger partial charge < -0.3 is 14.6 Å². The van der Waals surface area contributed by atoms with Crippen molar-refractivity contribution in [3.8, 4) is 5.75 Å². The molecule has 0 radical (unpaired) electrons. The van der Waals surface area contributed by atoms with E-state index in [4.69, 9.17) is 14.6 Å². The van der Waals surface area contributed by atoms with Crippen LogP contribution in [0.4, 0.5) is 0 Å². The molecule has 36 heavy (non-hydrogen) atoms. The van der Waals surface area contributed by atoms with Gasteiger partial charge in [0.1, 0.15) is 5.75 Å². The van der Waals surface area contributed by atoms with Crippen molar-refractivity contribution < 1.29 is 19.4 Å². The molecule has 0 saturated carbocycles. The minimum Gasteiger partial charge on any atom is -0.494 e. The Morgan fingerprint density at radius 2 is 1.56 bits per heavy atom. The number of aliphatic hydroxyl groups excluding tert-OH is 1. The smallest absolute Gasteiger partial charge is 0.305 e. The number of esters is 1. The fraction of sp³-hybridized carbons (Fsp3) is 0.548. The summed E-state index contributed by atoms with van der Waals surface area (Å²) in [6.07, 6.45) is 19.8. The van der Waals surface area contributed by atoms with Crippen molar-refractivity contribution in [3.63, 3.8) is 0 Å². The lowest BCUT2D eigenvalue weighted by atomic mass is 9.97. The predicted octanol–water partition coefficient (Wildman–Crippen LogP) is 7.52. The van der Waals surface area contributed by atoms with Crippen molar-refractivity contribution in [1.29, 1.82) is 0 Å². The summed E-state index contributed by atoms with van der Waals surface area (Å²) in [5.41, 5.74) is 3.38. The van der Waals surface area contributed by atoms with E-state index < -0.39 is 0 Å². The van der Waals surface area contributed by atoms with E-state index >= 15 is 0 Å². The van der Waals surface area contributed by atoms with Gasteiger partial charge in [-0.1, -0.05) is 69.2 Å². The average molecular weight is 496 g/mol. The van der Waals surface area contributed by atoms with Gasteiger partial charge >= 0.3 is 5.97 Å². The fourth-order valence-electron chi connectivity index (χ4n) is 4.19. The van der Waals surface area contributed by atoms with Crippen molar-refractivity contribution in [2.24, 2.45) is 0 Å². The number of hydrogen-bond donors (Lipinski definition) is 1. The quantitative estimate of drug-likeness (QED) is 0.152. The zero-order valence-electron chi connectivity index (χ0n) is 22.1. The molecule has 0 aliphatic rings. The van der Waals surface area contributed by atoms with E-state index in [0.717, 1.165) is 67.6 Å². The van der Waals surface area contributed by atoms with E-state index in [0.29, 0.717) is 19.6 Å². The van der Waals surface area contributed by atoms with Crippen LogP contribution in [-0.4, -0.2) is 35.9 Å². The summed E-state index contributed by atoms with van der Waals surface area (Å²) in [6, 6.07) is 12.4. The van der Waals surface area contributed by atoms with Crippen molar-refractivity contribution in [2.45, 2.75) is 90.4 Å². The number of aliphatic hydroxyl groups is 1. The molecule has 5 heteroatoms. The SMILES string of the molecule is CCOC(=O)CCCC/C=C(\c1ccc(OCCCCCCCCCCCO)cc1)c1cccnc1. The highest BCUT2D eigenvalue weighted by atomic mass is 16.5. The Morgan fingerprint density at radius 1 is 0.861 bits per heavy atom. The molecule has 5 nitrogen and oxygen atoms in total. The summed E-state index contributed by atoms with van der Waals surface area (Å²) < 4.78 is 11.0. The van der Waals surface area contributed by atoms with Crippen LogP contribution in [0.1, 0.15) is 102 Å². The molecule has 1 aromatic heterocycles. The van der Waals surface area contributed by atoms with Gasteiger partial charge in [0.15, 0.2) is 0 Å². The Bertz CT molecular complexity index is 849. The Labute approximate surface area is 218 Å². The standard InChI is InChI=1S/C31H45NO4/c1-2-35-31(34)18-12-10-11-17-30(28-16-15-23-32-26-28)27-19-21-29(22-20-27)36-25-14-9-7-5-3-4-6-8-13-24-33/h15-17,19-23,26,33H,2-14,18,24-25H2,1H3/b30-17+. The molecule has 2 aromatic rings. The summed E-state index contributed by atoms with van der Waals surface area (Å²) in [7, 11) is 0. The molecule has 0 spiro atoms. The van der Waals surface area contributed by atoms with Crippen LogP contribution >= 0.6 is 0 Å². The first-order chi connectivity index (χ1) is 17.7. The number of rotatable bonds is 20. The molecule has 0 bridgehead atoms. The normalized spacial score (nSPS) is 11.4. The van der Waals surface area contributed by atoms with Crippen molar-refractivity contribution >= 4 is 11.5 Å². The number of hydrogen-bond acceptors (Lipinski definition) is 5. The minimum absolute atomic E-state index is 0.116. The number of nitrogens with zero attached hydrogens (tertiary/aromatic N) is 1. The summed E-state index contributed by atoms with van der Waals surface area (Å²) in [5, 5.41) is 8.80. The number of unbranched alkanes of at least 4 members (excludes halogenated alkanes) is 10. The fourth-order valence-corrected chi connectivity index (χ4v) is 4.19. The third kappa shape index (κ3) is 12.9. The van der Waals surface area contributed by atoms with Gasteiger partial charge in [0, 0.05) is 31.0 Å². The third-order valence-corrected chi connectivity index (χ3v) is 6.20. The molecule has 1 N–H and O–H groups in total. The Morgan fingerprint density at radius 3 is 2.19 bits per heavy atom. The molecule has 0 aliphatic heterocycles. The van der Waals surface area contributed by atoms with Crippen molar-refractivity contribution in [2.75, 3.05) is 19.8 Å². The summed E-state index contributed by atoms with van der Waals surface area (Å²) in [4.78, 5) is 15.8. The van der Waals surface area contributed by atoms with Crippen LogP contribution in [0.3, 0.4) is 0 Å². The highest BCUT2D eigenvalue weighted by Crippen LogP contribution is 2.26. The van der Waals surface area contributed by atoms with Crippen LogP contribution in [0, 0.1) is 0 Å². The largest absolute Gasteiger partial charge is 0.494 e. The lowest BCUT2D eigenvalue weighted by Gasteiger charge is -2.11. The van der Waals surface area contributed by atoms with E-state index in [2.05, 4.69) is 29.3 Å². The van der Waals surface area contributed by atoms with Gasteiger partial charge in [0.2, 0.25) is 0 Å². The van der Waals surface area contributed by atoms with E-state index in [1.54, 1.807) is 6.20 Å². The third-order valence-electron chi connectivity index (χ3n) is 6.20. The molecule has 198 valence electrons.